The Kier molecular flexibility index (Phi) is 2.98. The van der Waals surface area contributed by atoms with Gasteiger partial charge in [-0.2, -0.15) is 13.2 Å². The van der Waals surface area contributed by atoms with Crippen molar-refractivity contribution in [2.75, 3.05) is 0 Å². The predicted molar refractivity (Wildman–Crippen MR) is 58.5 cm³/mol. The van der Waals surface area contributed by atoms with E-state index in [9.17, 15) is 17.6 Å². The fraction of sp³-hybridized carbons (Fsp3) is 0.0769. The minimum Gasteiger partial charge on any atom is -0.505 e. The summed E-state index contributed by atoms with van der Waals surface area (Å²) in [7, 11) is 0. The second kappa shape index (κ2) is 4.33. The maximum absolute atomic E-state index is 13.1. The lowest BCUT2D eigenvalue weighted by molar-refractivity contribution is -0.137. The first-order valence-corrected chi connectivity index (χ1v) is 5.04. The molecule has 2 aromatic carbocycles. The first kappa shape index (κ1) is 12.4. The Bertz CT molecular complexity index is 558. The Morgan fingerprint density at radius 2 is 1.39 bits per heavy atom. The molecule has 0 aliphatic heterocycles. The summed E-state index contributed by atoms with van der Waals surface area (Å²) in [6.45, 7) is 0. The second-order valence-corrected chi connectivity index (χ2v) is 3.74. The molecule has 0 saturated heterocycles. The van der Waals surface area contributed by atoms with Gasteiger partial charge in [0.05, 0.1) is 5.56 Å². The highest BCUT2D eigenvalue weighted by Crippen LogP contribution is 2.31. The van der Waals surface area contributed by atoms with Crippen LogP contribution >= 0.6 is 0 Å². The van der Waals surface area contributed by atoms with E-state index in [1.165, 1.54) is 18.2 Å². The average Bonchev–Trinajstić information content (AvgIpc) is 2.32. The third-order valence-electron chi connectivity index (χ3n) is 2.49. The Morgan fingerprint density at radius 1 is 0.833 bits per heavy atom. The van der Waals surface area contributed by atoms with Crippen molar-refractivity contribution < 1.29 is 22.7 Å². The van der Waals surface area contributed by atoms with Gasteiger partial charge in [-0.25, -0.2) is 4.39 Å². The van der Waals surface area contributed by atoms with Crippen LogP contribution in [0.3, 0.4) is 0 Å². The molecular formula is C13H8F4O. The lowest BCUT2D eigenvalue weighted by atomic mass is 10.0. The first-order chi connectivity index (χ1) is 8.38. The van der Waals surface area contributed by atoms with Crippen molar-refractivity contribution in [3.63, 3.8) is 0 Å². The summed E-state index contributed by atoms with van der Waals surface area (Å²) >= 11 is 0. The van der Waals surface area contributed by atoms with Crippen molar-refractivity contribution in [2.45, 2.75) is 6.18 Å². The van der Waals surface area contributed by atoms with Gasteiger partial charge in [0.25, 0.3) is 0 Å². The third-order valence-corrected chi connectivity index (χ3v) is 2.49. The Labute approximate surface area is 100 Å². The summed E-state index contributed by atoms with van der Waals surface area (Å²) in [5.41, 5.74) is 0.0893. The largest absolute Gasteiger partial charge is 0.505 e. The van der Waals surface area contributed by atoms with Crippen LogP contribution in [0.25, 0.3) is 11.1 Å². The molecule has 1 nitrogen and oxygen atoms in total. The number of rotatable bonds is 1. The Balaban J connectivity index is 2.37. The molecule has 0 bridgehead atoms. The zero-order valence-corrected chi connectivity index (χ0v) is 9.00. The maximum atomic E-state index is 13.1. The molecule has 0 aromatic heterocycles. The van der Waals surface area contributed by atoms with Crippen molar-refractivity contribution in [1.29, 1.82) is 0 Å². The topological polar surface area (TPSA) is 20.2 Å². The molecule has 0 aliphatic carbocycles. The maximum Gasteiger partial charge on any atom is 0.416 e. The zero-order chi connectivity index (χ0) is 13.3. The lowest BCUT2D eigenvalue weighted by Crippen LogP contribution is -2.03. The van der Waals surface area contributed by atoms with E-state index in [0.717, 1.165) is 24.3 Å². The summed E-state index contributed by atoms with van der Waals surface area (Å²) < 4.78 is 50.1. The molecule has 2 rings (SSSR count). The van der Waals surface area contributed by atoms with Crippen molar-refractivity contribution in [2.24, 2.45) is 0 Å². The Morgan fingerprint density at radius 3 is 1.89 bits per heavy atom. The highest BCUT2D eigenvalue weighted by Gasteiger charge is 2.29. The number of phenols is 1. The van der Waals surface area contributed by atoms with E-state index < -0.39 is 23.3 Å². The average molecular weight is 256 g/mol. The van der Waals surface area contributed by atoms with Gasteiger partial charge < -0.3 is 5.11 Å². The van der Waals surface area contributed by atoms with Crippen LogP contribution in [0.2, 0.25) is 0 Å². The zero-order valence-electron chi connectivity index (χ0n) is 9.00. The molecule has 1 N–H and O–H groups in total. The number of hydrogen-bond donors (Lipinski definition) is 1. The smallest absolute Gasteiger partial charge is 0.416 e. The van der Waals surface area contributed by atoms with E-state index in [0.29, 0.717) is 11.1 Å². The van der Waals surface area contributed by atoms with Gasteiger partial charge in [-0.15, -0.1) is 0 Å². The SMILES string of the molecule is Oc1ccc(-c2ccc(C(F)(F)F)cc2)cc1F. The highest BCUT2D eigenvalue weighted by molar-refractivity contribution is 5.64. The van der Waals surface area contributed by atoms with Gasteiger partial charge in [0, 0.05) is 0 Å². The van der Waals surface area contributed by atoms with Crippen LogP contribution in [0.1, 0.15) is 5.56 Å². The molecule has 5 heteroatoms. The van der Waals surface area contributed by atoms with E-state index in [1.807, 2.05) is 0 Å². The van der Waals surface area contributed by atoms with E-state index in [-0.39, 0.29) is 0 Å². The van der Waals surface area contributed by atoms with Gasteiger partial charge in [-0.3, -0.25) is 0 Å². The number of halogens is 4. The number of hydrogen-bond acceptors (Lipinski definition) is 1. The molecule has 0 spiro atoms. The molecular weight excluding hydrogens is 248 g/mol. The standard InChI is InChI=1S/C13H8F4O/c14-11-7-9(3-6-12(11)18)8-1-4-10(5-2-8)13(15,16)17/h1-7,18H. The van der Waals surface area contributed by atoms with Gasteiger partial charge in [-0.1, -0.05) is 18.2 Å². The molecule has 18 heavy (non-hydrogen) atoms. The normalized spacial score (nSPS) is 11.6. The van der Waals surface area contributed by atoms with Crippen LogP contribution in [0.4, 0.5) is 17.6 Å². The lowest BCUT2D eigenvalue weighted by Gasteiger charge is -2.08. The molecule has 2 aromatic rings. The fourth-order valence-corrected chi connectivity index (χ4v) is 1.54. The van der Waals surface area contributed by atoms with Crippen molar-refractivity contribution in [1.82, 2.24) is 0 Å². The van der Waals surface area contributed by atoms with Gasteiger partial charge in [0.2, 0.25) is 0 Å². The number of alkyl halides is 3. The van der Waals surface area contributed by atoms with Crippen molar-refractivity contribution in [3.8, 4) is 16.9 Å². The summed E-state index contributed by atoms with van der Waals surface area (Å²) in [5, 5.41) is 9.02. The first-order valence-electron chi connectivity index (χ1n) is 5.04. The van der Waals surface area contributed by atoms with E-state index in [4.69, 9.17) is 5.11 Å². The minimum absolute atomic E-state index is 0.402. The van der Waals surface area contributed by atoms with Gasteiger partial charge in [-0.05, 0) is 35.4 Å². The molecule has 0 fully saturated rings. The van der Waals surface area contributed by atoms with Gasteiger partial charge in [0.1, 0.15) is 0 Å². The van der Waals surface area contributed by atoms with Crippen LogP contribution in [-0.4, -0.2) is 5.11 Å². The van der Waals surface area contributed by atoms with E-state index >= 15 is 0 Å². The fourth-order valence-electron chi connectivity index (χ4n) is 1.54. The van der Waals surface area contributed by atoms with Crippen LogP contribution in [0.5, 0.6) is 5.75 Å². The number of benzene rings is 2. The molecule has 0 saturated carbocycles. The molecule has 0 radical (unpaired) electrons. The van der Waals surface area contributed by atoms with Crippen LogP contribution in [0.15, 0.2) is 42.5 Å². The highest BCUT2D eigenvalue weighted by atomic mass is 19.4. The second-order valence-electron chi connectivity index (χ2n) is 3.74. The van der Waals surface area contributed by atoms with Crippen LogP contribution < -0.4 is 0 Å². The summed E-state index contributed by atoms with van der Waals surface area (Å²) in [4.78, 5) is 0. The molecule has 0 unspecified atom stereocenters. The summed E-state index contributed by atoms with van der Waals surface area (Å²) in [6.07, 6.45) is -4.39. The van der Waals surface area contributed by atoms with Gasteiger partial charge in [0.15, 0.2) is 11.6 Å². The molecule has 0 amide bonds. The summed E-state index contributed by atoms with van der Waals surface area (Å²) in [5.74, 6) is -1.31. The minimum atomic E-state index is -4.39. The van der Waals surface area contributed by atoms with E-state index in [2.05, 4.69) is 0 Å². The van der Waals surface area contributed by atoms with Crippen LogP contribution in [0, 0.1) is 5.82 Å². The monoisotopic (exact) mass is 256 g/mol. The molecule has 0 atom stereocenters. The number of aromatic hydroxyl groups is 1. The Hall–Kier alpha value is -2.04. The predicted octanol–water partition coefficient (Wildman–Crippen LogP) is 4.22. The van der Waals surface area contributed by atoms with Crippen molar-refractivity contribution >= 4 is 0 Å². The van der Waals surface area contributed by atoms with E-state index in [1.54, 1.807) is 0 Å². The molecule has 94 valence electrons. The van der Waals surface area contributed by atoms with Gasteiger partial charge >= 0.3 is 6.18 Å². The quantitative estimate of drug-likeness (QED) is 0.757. The molecule has 0 heterocycles. The third kappa shape index (κ3) is 2.45. The van der Waals surface area contributed by atoms with Crippen LogP contribution in [-0.2, 0) is 6.18 Å². The van der Waals surface area contributed by atoms with Crippen molar-refractivity contribution in [3.05, 3.63) is 53.8 Å². The summed E-state index contributed by atoms with van der Waals surface area (Å²) in [6, 6.07) is 8.03. The molecule has 0 aliphatic rings. The number of phenolic OH excluding ortho intramolecular Hbond substituents is 1.